The Labute approximate surface area is 120 Å². The van der Waals surface area contributed by atoms with E-state index in [1.807, 2.05) is 4.98 Å². The quantitative estimate of drug-likeness (QED) is 0.647. The highest BCUT2D eigenvalue weighted by molar-refractivity contribution is 5.14. The molecule has 1 saturated heterocycles. The lowest BCUT2D eigenvalue weighted by Gasteiger charge is -2.25. The van der Waals surface area contributed by atoms with Crippen molar-refractivity contribution in [2.75, 3.05) is 6.61 Å². The van der Waals surface area contributed by atoms with Crippen molar-refractivity contribution in [2.24, 2.45) is 0 Å². The molecular formula is C12H11F3N2O5. The second kappa shape index (κ2) is 5.93. The maximum Gasteiger partial charge on any atom is 0.330 e. The number of nitrogens with one attached hydrogen (secondary N) is 1. The van der Waals surface area contributed by atoms with Crippen molar-refractivity contribution >= 4 is 0 Å². The van der Waals surface area contributed by atoms with Crippen molar-refractivity contribution in [3.8, 4) is 0 Å². The van der Waals surface area contributed by atoms with Crippen LogP contribution in [0.5, 0.6) is 0 Å². The zero-order valence-corrected chi connectivity index (χ0v) is 10.9. The first kappa shape index (κ1) is 16.2. The number of aliphatic hydroxyl groups excluding tert-OH is 2. The number of hydrogen-bond acceptors (Lipinski definition) is 5. The highest BCUT2D eigenvalue weighted by Crippen LogP contribution is 2.41. The summed E-state index contributed by atoms with van der Waals surface area (Å²) in [4.78, 5) is 24.5. The summed E-state index contributed by atoms with van der Waals surface area (Å²) in [6.45, 7) is -0.808. The predicted octanol–water partition coefficient (Wildman–Crippen LogP) is -0.569. The van der Waals surface area contributed by atoms with Crippen LogP contribution in [-0.4, -0.2) is 44.2 Å². The monoisotopic (exact) mass is 320 g/mol. The minimum absolute atomic E-state index is 0.227. The van der Waals surface area contributed by atoms with Gasteiger partial charge in [-0.25, -0.2) is 9.18 Å². The van der Waals surface area contributed by atoms with Crippen LogP contribution in [0.4, 0.5) is 13.2 Å². The lowest BCUT2D eigenvalue weighted by molar-refractivity contribution is -0.0556. The Kier molecular flexibility index (Phi) is 4.38. The zero-order chi connectivity index (χ0) is 16.5. The average Bonchev–Trinajstić information content (AvgIpc) is 2.70. The Morgan fingerprint density at radius 2 is 2.23 bits per heavy atom. The Hall–Kier alpha value is -2.13. The van der Waals surface area contributed by atoms with Crippen LogP contribution in [0.15, 0.2) is 39.7 Å². The molecule has 0 aliphatic carbocycles. The summed E-state index contributed by atoms with van der Waals surface area (Å²) in [6.07, 6.45) is -6.57. The molecule has 0 bridgehead atoms. The van der Waals surface area contributed by atoms with E-state index in [4.69, 9.17) is 9.84 Å². The third-order valence-corrected chi connectivity index (χ3v) is 3.17. The molecule has 7 nitrogen and oxygen atoms in total. The van der Waals surface area contributed by atoms with E-state index in [1.54, 1.807) is 0 Å². The molecule has 0 saturated carbocycles. The highest BCUT2D eigenvalue weighted by atomic mass is 19.3. The molecule has 1 aromatic rings. The molecule has 0 unspecified atom stereocenters. The van der Waals surface area contributed by atoms with Crippen LogP contribution < -0.4 is 11.2 Å². The van der Waals surface area contributed by atoms with Crippen LogP contribution in [0.25, 0.3) is 0 Å². The first-order valence-corrected chi connectivity index (χ1v) is 6.03. The van der Waals surface area contributed by atoms with Gasteiger partial charge in [0.15, 0.2) is 6.23 Å². The number of rotatable bonds is 3. The van der Waals surface area contributed by atoms with E-state index in [-0.39, 0.29) is 6.08 Å². The summed E-state index contributed by atoms with van der Waals surface area (Å²) in [5.41, 5.74) is -3.47. The van der Waals surface area contributed by atoms with Gasteiger partial charge in [-0.3, -0.25) is 14.3 Å². The molecule has 22 heavy (non-hydrogen) atoms. The molecule has 4 atom stereocenters. The first-order chi connectivity index (χ1) is 10.3. The van der Waals surface area contributed by atoms with Crippen molar-refractivity contribution in [3.63, 3.8) is 0 Å². The minimum atomic E-state index is -2.96. The molecule has 0 radical (unpaired) electrons. The molecular weight excluding hydrogens is 309 g/mol. The molecule has 1 fully saturated rings. The number of H-pyrrole nitrogens is 1. The van der Waals surface area contributed by atoms with Gasteiger partial charge in [0.1, 0.15) is 12.2 Å². The fourth-order valence-electron chi connectivity index (χ4n) is 2.13. The molecule has 1 aliphatic heterocycles. The Bertz CT molecular complexity index is 735. The molecule has 0 spiro atoms. The Morgan fingerprint density at radius 3 is 2.77 bits per heavy atom. The fraction of sp³-hybridized carbons (Fsp3) is 0.417. The summed E-state index contributed by atoms with van der Waals surface area (Å²) in [5, 5.41) is 18.9. The van der Waals surface area contributed by atoms with Crippen LogP contribution >= 0.6 is 0 Å². The van der Waals surface area contributed by atoms with Gasteiger partial charge in [0.05, 0.1) is 6.61 Å². The number of alkyl halides is 1. The molecule has 0 aromatic carbocycles. The van der Waals surface area contributed by atoms with Crippen molar-refractivity contribution < 1.29 is 28.1 Å². The van der Waals surface area contributed by atoms with Crippen LogP contribution in [0.3, 0.4) is 0 Å². The van der Waals surface area contributed by atoms with Gasteiger partial charge >= 0.3 is 11.8 Å². The van der Waals surface area contributed by atoms with Crippen LogP contribution in [0.1, 0.15) is 6.23 Å². The maximum absolute atomic E-state index is 14.9. The molecule has 3 N–H and O–H groups in total. The molecule has 1 aromatic heterocycles. The molecule has 120 valence electrons. The van der Waals surface area contributed by atoms with Gasteiger partial charge in [0.2, 0.25) is 5.67 Å². The van der Waals surface area contributed by atoms with Gasteiger partial charge in [-0.1, -0.05) is 5.73 Å². The second-order valence-corrected chi connectivity index (χ2v) is 4.55. The Balaban J connectivity index is 2.58. The standard InChI is InChI=1S/C12H11F3N2O5/c13-7(14)1-3-12(15)9(20)6(5-18)22-10(12)17-4-2-8(19)16-11(17)21/h2-4,6,9-10,18,20H,5H2,(H,16,19,21)/t6-,9-,10-,12-/m1/s1. The summed E-state index contributed by atoms with van der Waals surface area (Å²) >= 11 is 0. The van der Waals surface area contributed by atoms with E-state index in [1.165, 1.54) is 5.73 Å². The third kappa shape index (κ3) is 2.77. The number of aromatic amines is 1. The smallest absolute Gasteiger partial charge is 0.330 e. The van der Waals surface area contributed by atoms with E-state index in [0.29, 0.717) is 4.57 Å². The number of hydrogen-bond donors (Lipinski definition) is 3. The summed E-state index contributed by atoms with van der Waals surface area (Å²) in [5.74, 6) is 0. The number of nitrogens with zero attached hydrogens (tertiary/aromatic N) is 1. The van der Waals surface area contributed by atoms with Crippen molar-refractivity contribution in [3.05, 3.63) is 51.0 Å². The Morgan fingerprint density at radius 1 is 1.55 bits per heavy atom. The molecule has 2 heterocycles. The highest BCUT2D eigenvalue weighted by Gasteiger charge is 2.57. The van der Waals surface area contributed by atoms with Gasteiger partial charge in [0.25, 0.3) is 5.56 Å². The van der Waals surface area contributed by atoms with Gasteiger partial charge in [-0.05, 0) is 0 Å². The molecule has 2 rings (SSSR count). The third-order valence-electron chi connectivity index (χ3n) is 3.17. The maximum atomic E-state index is 14.9. The summed E-state index contributed by atoms with van der Waals surface area (Å²) in [6, 6.07) is 0.888. The fourth-order valence-corrected chi connectivity index (χ4v) is 2.13. The van der Waals surface area contributed by atoms with Crippen molar-refractivity contribution in [1.29, 1.82) is 0 Å². The van der Waals surface area contributed by atoms with E-state index >= 15 is 0 Å². The number of ether oxygens (including phenoxy) is 1. The lowest BCUT2D eigenvalue weighted by Crippen LogP contribution is -2.44. The molecule has 1 aliphatic rings. The molecule has 10 heteroatoms. The van der Waals surface area contributed by atoms with Crippen LogP contribution in [-0.2, 0) is 4.74 Å². The second-order valence-electron chi connectivity index (χ2n) is 4.55. The number of aromatic nitrogens is 2. The van der Waals surface area contributed by atoms with E-state index < -0.39 is 48.0 Å². The zero-order valence-electron chi connectivity index (χ0n) is 10.9. The summed E-state index contributed by atoms with van der Waals surface area (Å²) < 4.78 is 44.8. The first-order valence-electron chi connectivity index (χ1n) is 6.03. The topological polar surface area (TPSA) is 105 Å². The van der Waals surface area contributed by atoms with E-state index in [2.05, 4.69) is 0 Å². The van der Waals surface area contributed by atoms with Gasteiger partial charge in [-0.15, -0.1) is 0 Å². The van der Waals surface area contributed by atoms with Crippen LogP contribution in [0.2, 0.25) is 0 Å². The molecule has 0 amide bonds. The van der Waals surface area contributed by atoms with Crippen molar-refractivity contribution in [2.45, 2.75) is 24.1 Å². The largest absolute Gasteiger partial charge is 0.394 e. The van der Waals surface area contributed by atoms with E-state index in [9.17, 15) is 27.9 Å². The van der Waals surface area contributed by atoms with Crippen LogP contribution in [0, 0.1) is 0 Å². The minimum Gasteiger partial charge on any atom is -0.394 e. The van der Waals surface area contributed by atoms with Gasteiger partial charge in [-0.2, -0.15) is 8.78 Å². The van der Waals surface area contributed by atoms with Gasteiger partial charge in [0, 0.05) is 18.3 Å². The predicted molar refractivity (Wildman–Crippen MR) is 66.0 cm³/mol. The average molecular weight is 320 g/mol. The SMILES string of the molecule is O=c1ccn([C@@H]2O[C@H](CO)[C@@H](O)[C@]2(F)C=C=C(F)F)c(=O)[nH]1. The van der Waals surface area contributed by atoms with Crippen molar-refractivity contribution in [1.82, 2.24) is 9.55 Å². The number of aliphatic hydroxyl groups is 2. The van der Waals surface area contributed by atoms with E-state index in [0.717, 1.165) is 12.3 Å². The lowest BCUT2D eigenvalue weighted by atomic mass is 9.96. The summed E-state index contributed by atoms with van der Waals surface area (Å²) in [7, 11) is 0. The van der Waals surface area contributed by atoms with Gasteiger partial charge < -0.3 is 14.9 Å². The normalized spacial score (nSPS) is 30.9. The number of halogens is 3.